The summed E-state index contributed by atoms with van der Waals surface area (Å²) in [6, 6.07) is 4.67. The van der Waals surface area contributed by atoms with Crippen molar-refractivity contribution in [3.8, 4) is 0 Å². The quantitative estimate of drug-likeness (QED) is 0.670. The number of rotatable bonds is 3. The Balaban J connectivity index is 2.09. The Bertz CT molecular complexity index is 536. The standard InChI is InChI=1S/C13H16BrN3O3/c1-9-8-15-4-5-16(9)13(18)6-10-2-3-11(17(19)20)7-12(10)14/h2-3,7,9,15H,4-6,8H2,1H3/t9-/m1/s1. The van der Waals surface area contributed by atoms with Crippen molar-refractivity contribution in [3.05, 3.63) is 38.3 Å². The molecule has 1 aromatic carbocycles. The van der Waals surface area contributed by atoms with Crippen LogP contribution in [0.4, 0.5) is 5.69 Å². The van der Waals surface area contributed by atoms with E-state index in [0.29, 0.717) is 11.0 Å². The number of benzene rings is 1. The predicted molar refractivity (Wildman–Crippen MR) is 78.5 cm³/mol. The number of nitro benzene ring substituents is 1. The van der Waals surface area contributed by atoms with E-state index >= 15 is 0 Å². The average molecular weight is 342 g/mol. The topological polar surface area (TPSA) is 75.5 Å². The fraction of sp³-hybridized carbons (Fsp3) is 0.462. The van der Waals surface area contributed by atoms with Gasteiger partial charge < -0.3 is 10.2 Å². The lowest BCUT2D eigenvalue weighted by molar-refractivity contribution is -0.384. The molecule has 1 aliphatic rings. The summed E-state index contributed by atoms with van der Waals surface area (Å²) in [5.41, 5.74) is 0.787. The van der Waals surface area contributed by atoms with E-state index in [-0.39, 0.29) is 24.1 Å². The first kappa shape index (κ1) is 14.9. The third kappa shape index (κ3) is 3.34. The number of nitro groups is 1. The van der Waals surface area contributed by atoms with Gasteiger partial charge in [-0.3, -0.25) is 14.9 Å². The van der Waals surface area contributed by atoms with Crippen LogP contribution in [0.3, 0.4) is 0 Å². The Hall–Kier alpha value is -1.47. The molecule has 1 fully saturated rings. The molecular weight excluding hydrogens is 326 g/mol. The Morgan fingerprint density at radius 3 is 2.95 bits per heavy atom. The zero-order valence-electron chi connectivity index (χ0n) is 11.1. The molecule has 1 aromatic rings. The molecule has 1 amide bonds. The van der Waals surface area contributed by atoms with E-state index in [1.165, 1.54) is 12.1 Å². The summed E-state index contributed by atoms with van der Waals surface area (Å²) in [6.45, 7) is 4.31. The summed E-state index contributed by atoms with van der Waals surface area (Å²) in [6.07, 6.45) is 0.253. The van der Waals surface area contributed by atoms with Crippen LogP contribution in [-0.4, -0.2) is 41.4 Å². The van der Waals surface area contributed by atoms with Crippen LogP contribution in [0.1, 0.15) is 12.5 Å². The lowest BCUT2D eigenvalue weighted by Crippen LogP contribution is -2.52. The zero-order valence-corrected chi connectivity index (χ0v) is 12.7. The van der Waals surface area contributed by atoms with E-state index in [2.05, 4.69) is 21.2 Å². The highest BCUT2D eigenvalue weighted by atomic mass is 79.9. The molecule has 1 atom stereocenters. The maximum Gasteiger partial charge on any atom is 0.270 e. The maximum absolute atomic E-state index is 12.3. The fourth-order valence-electron chi connectivity index (χ4n) is 2.27. The lowest BCUT2D eigenvalue weighted by atomic mass is 10.1. The first-order chi connectivity index (χ1) is 9.49. The van der Waals surface area contributed by atoms with Crippen molar-refractivity contribution < 1.29 is 9.72 Å². The van der Waals surface area contributed by atoms with E-state index in [1.54, 1.807) is 6.07 Å². The summed E-state index contributed by atoms with van der Waals surface area (Å²) in [5, 5.41) is 13.9. The summed E-state index contributed by atoms with van der Waals surface area (Å²) < 4.78 is 0.600. The first-order valence-corrected chi connectivity index (χ1v) is 7.21. The maximum atomic E-state index is 12.3. The van der Waals surface area contributed by atoms with Crippen molar-refractivity contribution in [2.75, 3.05) is 19.6 Å². The Kier molecular flexibility index (Phi) is 4.72. The van der Waals surface area contributed by atoms with Crippen LogP contribution in [0.5, 0.6) is 0 Å². The van der Waals surface area contributed by atoms with Gasteiger partial charge in [-0.25, -0.2) is 0 Å². The number of carbonyl (C=O) groups is 1. The molecule has 0 aliphatic carbocycles. The van der Waals surface area contributed by atoms with Gasteiger partial charge in [0.05, 0.1) is 11.3 Å². The average Bonchev–Trinajstić information content (AvgIpc) is 2.41. The highest BCUT2D eigenvalue weighted by Crippen LogP contribution is 2.24. The zero-order chi connectivity index (χ0) is 14.7. The second-order valence-electron chi connectivity index (χ2n) is 4.85. The van der Waals surface area contributed by atoms with Gasteiger partial charge in [0.15, 0.2) is 0 Å². The van der Waals surface area contributed by atoms with E-state index < -0.39 is 4.92 Å². The minimum absolute atomic E-state index is 0.0172. The van der Waals surface area contributed by atoms with Crippen molar-refractivity contribution in [2.24, 2.45) is 0 Å². The van der Waals surface area contributed by atoms with Gasteiger partial charge in [0, 0.05) is 42.3 Å². The molecule has 0 spiro atoms. The molecule has 0 bridgehead atoms. The third-order valence-electron chi connectivity index (χ3n) is 3.41. The Labute approximate surface area is 125 Å². The van der Waals surface area contributed by atoms with Gasteiger partial charge in [-0.1, -0.05) is 22.0 Å². The van der Waals surface area contributed by atoms with Crippen LogP contribution in [0.2, 0.25) is 0 Å². The predicted octanol–water partition coefficient (Wildman–Crippen LogP) is 1.72. The lowest BCUT2D eigenvalue weighted by Gasteiger charge is -2.34. The molecule has 1 aliphatic heterocycles. The second-order valence-corrected chi connectivity index (χ2v) is 5.70. The normalized spacial score (nSPS) is 18.9. The van der Waals surface area contributed by atoms with Gasteiger partial charge >= 0.3 is 0 Å². The molecule has 2 rings (SSSR count). The Morgan fingerprint density at radius 2 is 2.35 bits per heavy atom. The van der Waals surface area contributed by atoms with Crippen LogP contribution < -0.4 is 5.32 Å². The molecule has 6 nitrogen and oxygen atoms in total. The first-order valence-electron chi connectivity index (χ1n) is 6.42. The molecule has 1 saturated heterocycles. The molecule has 0 unspecified atom stereocenters. The number of hydrogen-bond donors (Lipinski definition) is 1. The van der Waals surface area contributed by atoms with Crippen molar-refractivity contribution in [1.82, 2.24) is 10.2 Å². The van der Waals surface area contributed by atoms with Crippen molar-refractivity contribution >= 4 is 27.5 Å². The third-order valence-corrected chi connectivity index (χ3v) is 4.15. The monoisotopic (exact) mass is 341 g/mol. The van der Waals surface area contributed by atoms with Crippen molar-refractivity contribution in [2.45, 2.75) is 19.4 Å². The van der Waals surface area contributed by atoms with Crippen LogP contribution in [0, 0.1) is 10.1 Å². The van der Waals surface area contributed by atoms with Crippen LogP contribution in [0.15, 0.2) is 22.7 Å². The number of hydrogen-bond acceptors (Lipinski definition) is 4. The number of amides is 1. The molecular formula is C13H16BrN3O3. The van der Waals surface area contributed by atoms with Crippen LogP contribution >= 0.6 is 15.9 Å². The van der Waals surface area contributed by atoms with Gasteiger partial charge in [-0.05, 0) is 12.5 Å². The number of nitrogens with zero attached hydrogens (tertiary/aromatic N) is 2. The molecule has 7 heteroatoms. The van der Waals surface area contributed by atoms with Gasteiger partial charge in [0.2, 0.25) is 5.91 Å². The molecule has 0 saturated carbocycles. The summed E-state index contributed by atoms with van der Waals surface area (Å²) in [4.78, 5) is 24.4. The van der Waals surface area contributed by atoms with Crippen molar-refractivity contribution in [3.63, 3.8) is 0 Å². The highest BCUT2D eigenvalue weighted by Gasteiger charge is 2.23. The van der Waals surface area contributed by atoms with E-state index in [0.717, 1.165) is 18.7 Å². The molecule has 0 radical (unpaired) electrons. The smallest absolute Gasteiger partial charge is 0.270 e. The molecule has 20 heavy (non-hydrogen) atoms. The fourth-order valence-corrected chi connectivity index (χ4v) is 2.78. The van der Waals surface area contributed by atoms with Gasteiger partial charge in [-0.15, -0.1) is 0 Å². The minimum atomic E-state index is -0.450. The summed E-state index contributed by atoms with van der Waals surface area (Å²) in [7, 11) is 0. The molecule has 1 N–H and O–H groups in total. The summed E-state index contributed by atoms with van der Waals surface area (Å²) in [5.74, 6) is 0.0496. The van der Waals surface area contributed by atoms with E-state index in [4.69, 9.17) is 0 Å². The van der Waals surface area contributed by atoms with Gasteiger partial charge in [-0.2, -0.15) is 0 Å². The van der Waals surface area contributed by atoms with E-state index in [1.807, 2.05) is 11.8 Å². The van der Waals surface area contributed by atoms with Crippen molar-refractivity contribution in [1.29, 1.82) is 0 Å². The SMILES string of the molecule is C[C@@H]1CNCCN1C(=O)Cc1ccc([N+](=O)[O-])cc1Br. The van der Waals surface area contributed by atoms with Crippen LogP contribution in [-0.2, 0) is 11.2 Å². The number of halogens is 1. The molecule has 1 heterocycles. The van der Waals surface area contributed by atoms with Gasteiger partial charge in [0.1, 0.15) is 0 Å². The number of carbonyl (C=O) groups excluding carboxylic acids is 1. The number of nitrogens with one attached hydrogen (secondary N) is 1. The molecule has 108 valence electrons. The van der Waals surface area contributed by atoms with E-state index in [9.17, 15) is 14.9 Å². The van der Waals surface area contributed by atoms with Crippen LogP contribution in [0.25, 0.3) is 0 Å². The Morgan fingerprint density at radius 1 is 1.60 bits per heavy atom. The summed E-state index contributed by atoms with van der Waals surface area (Å²) >= 11 is 3.30. The second kappa shape index (κ2) is 6.32. The molecule has 0 aromatic heterocycles. The van der Waals surface area contributed by atoms with Gasteiger partial charge in [0.25, 0.3) is 5.69 Å². The largest absolute Gasteiger partial charge is 0.337 e. The highest BCUT2D eigenvalue weighted by molar-refractivity contribution is 9.10. The number of non-ortho nitro benzene ring substituents is 1. The minimum Gasteiger partial charge on any atom is -0.337 e. The number of piperazine rings is 1.